The summed E-state index contributed by atoms with van der Waals surface area (Å²) in [5.74, 6) is -0.718. The number of hydrogen-bond acceptors (Lipinski definition) is 5. The highest BCUT2D eigenvalue weighted by molar-refractivity contribution is 6.27. The van der Waals surface area contributed by atoms with Crippen molar-refractivity contribution < 1.29 is 29.3 Å². The average Bonchev–Trinajstić information content (AvgIpc) is 3.39. The lowest BCUT2D eigenvalue weighted by Crippen LogP contribution is -2.32. The minimum absolute atomic E-state index is 0.129. The Labute approximate surface area is 196 Å². The van der Waals surface area contributed by atoms with E-state index >= 15 is 0 Å². The van der Waals surface area contributed by atoms with Crippen molar-refractivity contribution in [3.63, 3.8) is 0 Å². The summed E-state index contributed by atoms with van der Waals surface area (Å²) in [5.41, 5.74) is 0.757. The van der Waals surface area contributed by atoms with E-state index in [2.05, 4.69) is 18.7 Å². The molecule has 2 aliphatic rings. The summed E-state index contributed by atoms with van der Waals surface area (Å²) in [4.78, 5) is 35.4. The monoisotopic (exact) mass is 462 g/mol. The first kappa shape index (κ1) is 26.6. The molecule has 33 heavy (non-hydrogen) atoms. The highest BCUT2D eigenvalue weighted by Gasteiger charge is 2.35. The minimum atomic E-state index is -1.82. The van der Waals surface area contributed by atoms with Crippen LogP contribution >= 0.6 is 0 Å². The van der Waals surface area contributed by atoms with Gasteiger partial charge in [-0.25, -0.2) is 9.59 Å². The van der Waals surface area contributed by atoms with Crippen molar-refractivity contribution in [1.82, 2.24) is 9.80 Å². The Hall–Kier alpha value is -2.61. The lowest BCUT2D eigenvalue weighted by atomic mass is 10.0. The maximum absolute atomic E-state index is 12.6. The first-order valence-electron chi connectivity index (χ1n) is 12.1. The zero-order valence-electron chi connectivity index (χ0n) is 19.9. The van der Waals surface area contributed by atoms with Gasteiger partial charge in [-0.1, -0.05) is 20.3 Å². The average molecular weight is 463 g/mol. The van der Waals surface area contributed by atoms with Crippen molar-refractivity contribution in [2.75, 3.05) is 39.3 Å². The van der Waals surface area contributed by atoms with Gasteiger partial charge in [-0.15, -0.1) is 0 Å². The molecule has 2 unspecified atom stereocenters. The van der Waals surface area contributed by atoms with Crippen LogP contribution in [0.3, 0.4) is 0 Å². The first-order chi connectivity index (χ1) is 15.8. The standard InChI is InChI=1S/C23H36N2O2.C2H2O4/c1-3-13-25(14-4-2)23(26)19-9-11-22(12-10-19)27-16-6-15-24-17-20-7-5-8-21(20)18-24;3-1(4)2(5)6/h9-12,20-21H,3-8,13-18H2,1-2H3;(H,3,4)(H,5,6). The SMILES string of the molecule is CCCN(CCC)C(=O)c1ccc(OCCCN2CC3CCCC3C2)cc1.O=C(O)C(=O)O. The van der Waals surface area contributed by atoms with E-state index in [9.17, 15) is 4.79 Å². The van der Waals surface area contributed by atoms with E-state index in [1.54, 1.807) is 0 Å². The summed E-state index contributed by atoms with van der Waals surface area (Å²) < 4.78 is 5.90. The summed E-state index contributed by atoms with van der Waals surface area (Å²) in [6, 6.07) is 7.67. The van der Waals surface area contributed by atoms with Gasteiger partial charge in [-0.3, -0.25) is 4.79 Å². The largest absolute Gasteiger partial charge is 0.494 e. The van der Waals surface area contributed by atoms with Crippen LogP contribution in [0.2, 0.25) is 0 Å². The maximum Gasteiger partial charge on any atom is 0.414 e. The number of rotatable bonds is 10. The number of hydrogen-bond donors (Lipinski definition) is 2. The molecule has 1 amide bonds. The first-order valence-corrected chi connectivity index (χ1v) is 12.1. The molecule has 8 heteroatoms. The molecule has 0 aromatic heterocycles. The maximum atomic E-state index is 12.6. The Morgan fingerprint density at radius 3 is 2.00 bits per heavy atom. The van der Waals surface area contributed by atoms with Crippen molar-refractivity contribution in [1.29, 1.82) is 0 Å². The van der Waals surface area contributed by atoms with E-state index in [-0.39, 0.29) is 5.91 Å². The van der Waals surface area contributed by atoms with Crippen LogP contribution < -0.4 is 4.74 Å². The topological polar surface area (TPSA) is 107 Å². The fraction of sp³-hybridized carbons (Fsp3) is 0.640. The molecule has 0 bridgehead atoms. The van der Waals surface area contributed by atoms with Crippen molar-refractivity contribution in [3.8, 4) is 5.75 Å². The number of carboxylic acids is 2. The normalized spacial score (nSPS) is 19.3. The van der Waals surface area contributed by atoms with Crippen LogP contribution in [-0.4, -0.2) is 77.2 Å². The Morgan fingerprint density at radius 1 is 0.970 bits per heavy atom. The van der Waals surface area contributed by atoms with E-state index in [4.69, 9.17) is 24.5 Å². The lowest BCUT2D eigenvalue weighted by Gasteiger charge is -2.21. The molecule has 2 atom stereocenters. The summed E-state index contributed by atoms with van der Waals surface area (Å²) in [5, 5.41) is 14.8. The van der Waals surface area contributed by atoms with Crippen molar-refractivity contribution in [2.45, 2.75) is 52.4 Å². The van der Waals surface area contributed by atoms with Crippen molar-refractivity contribution in [2.24, 2.45) is 11.8 Å². The van der Waals surface area contributed by atoms with Gasteiger partial charge in [0.15, 0.2) is 0 Å². The van der Waals surface area contributed by atoms with Gasteiger partial charge in [-0.2, -0.15) is 0 Å². The quantitative estimate of drug-likeness (QED) is 0.404. The Morgan fingerprint density at radius 2 is 1.52 bits per heavy atom. The number of ether oxygens (including phenoxy) is 1. The van der Waals surface area contributed by atoms with Crippen LogP contribution in [0.1, 0.15) is 62.7 Å². The van der Waals surface area contributed by atoms with Crippen LogP contribution in [0.4, 0.5) is 0 Å². The van der Waals surface area contributed by atoms with E-state index < -0.39 is 11.9 Å². The van der Waals surface area contributed by atoms with Gasteiger partial charge in [-0.05, 0) is 68.2 Å². The second-order valence-corrected chi connectivity index (χ2v) is 8.84. The molecule has 2 N–H and O–H groups in total. The summed E-state index contributed by atoms with van der Waals surface area (Å²) in [7, 11) is 0. The predicted octanol–water partition coefficient (Wildman–Crippen LogP) is 3.61. The third-order valence-electron chi connectivity index (χ3n) is 6.25. The van der Waals surface area contributed by atoms with E-state index in [0.29, 0.717) is 0 Å². The predicted molar refractivity (Wildman–Crippen MR) is 126 cm³/mol. The third-order valence-corrected chi connectivity index (χ3v) is 6.25. The molecule has 1 saturated carbocycles. The van der Waals surface area contributed by atoms with Crippen LogP contribution in [-0.2, 0) is 9.59 Å². The van der Waals surface area contributed by atoms with Gasteiger partial charge >= 0.3 is 11.9 Å². The zero-order valence-corrected chi connectivity index (χ0v) is 19.9. The molecule has 1 aromatic rings. The minimum Gasteiger partial charge on any atom is -0.494 e. The number of aliphatic carboxylic acids is 2. The van der Waals surface area contributed by atoms with E-state index in [0.717, 1.165) is 68.7 Å². The van der Waals surface area contributed by atoms with Gasteiger partial charge in [0.05, 0.1) is 6.61 Å². The van der Waals surface area contributed by atoms with Crippen LogP contribution in [0.5, 0.6) is 5.75 Å². The number of carboxylic acid groups (broad SMARTS) is 2. The van der Waals surface area contributed by atoms with Gasteiger partial charge in [0.1, 0.15) is 5.75 Å². The molecule has 2 fully saturated rings. The molecule has 0 radical (unpaired) electrons. The van der Waals surface area contributed by atoms with Crippen LogP contribution in [0, 0.1) is 11.8 Å². The van der Waals surface area contributed by atoms with Crippen LogP contribution in [0.25, 0.3) is 0 Å². The number of nitrogens with zero attached hydrogens (tertiary/aromatic N) is 2. The summed E-state index contributed by atoms with van der Waals surface area (Å²) >= 11 is 0. The molecule has 0 spiro atoms. The molecule has 184 valence electrons. The zero-order chi connectivity index (χ0) is 24.2. The van der Waals surface area contributed by atoms with Gasteiger partial charge in [0.25, 0.3) is 5.91 Å². The fourth-order valence-corrected chi connectivity index (χ4v) is 4.72. The highest BCUT2D eigenvalue weighted by atomic mass is 16.5. The number of amides is 1. The number of likely N-dealkylation sites (tertiary alicyclic amines) is 1. The number of carbonyl (C=O) groups excluding carboxylic acids is 1. The second kappa shape index (κ2) is 13.8. The third kappa shape index (κ3) is 8.68. The Balaban J connectivity index is 0.000000569. The highest BCUT2D eigenvalue weighted by Crippen LogP contribution is 2.37. The molecule has 1 aliphatic carbocycles. The van der Waals surface area contributed by atoms with Crippen molar-refractivity contribution in [3.05, 3.63) is 29.8 Å². The summed E-state index contributed by atoms with van der Waals surface area (Å²) in [6.45, 7) is 10.4. The molecule has 8 nitrogen and oxygen atoms in total. The molecule has 1 heterocycles. The Kier molecular flexibility index (Phi) is 11.2. The van der Waals surface area contributed by atoms with E-state index in [1.807, 2.05) is 29.2 Å². The molecule has 1 aliphatic heterocycles. The molecule has 1 saturated heterocycles. The number of fused-ring (bicyclic) bond motifs is 1. The molecule has 1 aromatic carbocycles. The van der Waals surface area contributed by atoms with Crippen molar-refractivity contribution >= 4 is 17.8 Å². The fourth-order valence-electron chi connectivity index (χ4n) is 4.72. The smallest absolute Gasteiger partial charge is 0.414 e. The van der Waals surface area contributed by atoms with Gasteiger partial charge < -0.3 is 24.7 Å². The number of carbonyl (C=O) groups is 3. The summed E-state index contributed by atoms with van der Waals surface area (Å²) in [6.07, 6.45) is 7.38. The number of benzene rings is 1. The molecule has 3 rings (SSSR count). The molecular formula is C25H38N2O6. The van der Waals surface area contributed by atoms with Crippen LogP contribution in [0.15, 0.2) is 24.3 Å². The van der Waals surface area contributed by atoms with Gasteiger partial charge in [0, 0.05) is 38.3 Å². The second-order valence-electron chi connectivity index (χ2n) is 8.84. The lowest BCUT2D eigenvalue weighted by molar-refractivity contribution is -0.159. The Bertz CT molecular complexity index is 737. The van der Waals surface area contributed by atoms with E-state index in [1.165, 1.54) is 32.4 Å². The van der Waals surface area contributed by atoms with Gasteiger partial charge in [0.2, 0.25) is 0 Å². The molecular weight excluding hydrogens is 424 g/mol.